The summed E-state index contributed by atoms with van der Waals surface area (Å²) >= 11 is 0. The molecule has 2 aromatic rings. The Labute approximate surface area is 205 Å². The lowest BCUT2D eigenvalue weighted by Gasteiger charge is -2.35. The molecular weight excluding hydrogens is 475 g/mol. The maximum Gasteiger partial charge on any atom is 0.391 e. The number of alkyl halides is 3. The van der Waals surface area contributed by atoms with Crippen LogP contribution in [0.5, 0.6) is 0 Å². The molecule has 4 heterocycles. The second-order valence-electron chi connectivity index (χ2n) is 9.80. The predicted octanol–water partition coefficient (Wildman–Crippen LogP) is 4.86. The van der Waals surface area contributed by atoms with Gasteiger partial charge in [-0.15, -0.1) is 0 Å². The Morgan fingerprint density at radius 3 is 2.64 bits per heavy atom. The molecule has 190 valence electrons. The van der Waals surface area contributed by atoms with E-state index in [1.807, 2.05) is 4.90 Å². The number of nitrogens with one attached hydrogen (secondary N) is 1. The van der Waals surface area contributed by atoms with Crippen molar-refractivity contribution < 1.29 is 27.6 Å². The molecule has 5 rings (SSSR count). The first-order chi connectivity index (χ1) is 17.1. The fourth-order valence-corrected chi connectivity index (χ4v) is 4.67. The molecule has 2 fully saturated rings. The third kappa shape index (κ3) is 4.91. The highest BCUT2D eigenvalue weighted by Gasteiger charge is 2.41. The molecule has 0 aromatic carbocycles. The zero-order chi connectivity index (χ0) is 25.6. The fraction of sp³-hybridized carbons (Fsp3) is 0.480. The van der Waals surface area contributed by atoms with Crippen LogP contribution in [0.25, 0.3) is 0 Å². The highest BCUT2D eigenvalue weighted by molar-refractivity contribution is 6.06. The zero-order valence-corrected chi connectivity index (χ0v) is 19.7. The number of carbonyl (C=O) groups is 3. The van der Waals surface area contributed by atoms with E-state index in [0.717, 1.165) is 19.8 Å². The third-order valence-corrected chi connectivity index (χ3v) is 6.99. The number of anilines is 3. The Bertz CT molecular complexity index is 1210. The number of halogens is 3. The van der Waals surface area contributed by atoms with Crippen molar-refractivity contribution in [3.05, 3.63) is 41.7 Å². The van der Waals surface area contributed by atoms with Crippen molar-refractivity contribution in [3.63, 3.8) is 0 Å². The van der Waals surface area contributed by atoms with Gasteiger partial charge in [0.25, 0.3) is 0 Å². The summed E-state index contributed by atoms with van der Waals surface area (Å²) in [6.07, 6.45) is -0.482. The minimum Gasteiger partial charge on any atom is -0.366 e. The van der Waals surface area contributed by atoms with E-state index in [4.69, 9.17) is 0 Å². The molecule has 0 unspecified atom stereocenters. The molecule has 8 nitrogen and oxygen atoms in total. The molecular formula is C25H26F3N5O3. The summed E-state index contributed by atoms with van der Waals surface area (Å²) in [5, 5.41) is 2.73. The Hall–Kier alpha value is -3.50. The molecule has 3 aliphatic rings. The maximum absolute atomic E-state index is 13.4. The number of urea groups is 1. The number of amides is 2. The van der Waals surface area contributed by atoms with Gasteiger partial charge >= 0.3 is 12.2 Å². The Kier molecular flexibility index (Phi) is 6.17. The van der Waals surface area contributed by atoms with E-state index in [1.165, 1.54) is 17.2 Å². The molecule has 0 radical (unpaired) electrons. The summed E-state index contributed by atoms with van der Waals surface area (Å²) in [5.41, 5.74) is 1.000. The number of Topliss-reactive ketones (excluding diaryl/α,β-unsaturated/α-hetero) is 2. The van der Waals surface area contributed by atoms with Crippen molar-refractivity contribution in [2.24, 2.45) is 11.8 Å². The van der Waals surface area contributed by atoms with Gasteiger partial charge in [0.2, 0.25) is 0 Å². The number of pyridine rings is 2. The van der Waals surface area contributed by atoms with Gasteiger partial charge in [-0.1, -0.05) is 6.92 Å². The number of carbonyl (C=O) groups excluding carboxylic acids is 3. The number of fused-ring (bicyclic) bond motifs is 4. The van der Waals surface area contributed by atoms with E-state index in [0.29, 0.717) is 43.1 Å². The summed E-state index contributed by atoms with van der Waals surface area (Å²) in [4.78, 5) is 50.4. The van der Waals surface area contributed by atoms with Gasteiger partial charge in [-0.3, -0.25) is 19.8 Å². The maximum atomic E-state index is 13.4. The van der Waals surface area contributed by atoms with Gasteiger partial charge in [0.15, 0.2) is 17.4 Å². The molecule has 2 aromatic heterocycles. The lowest BCUT2D eigenvalue weighted by Crippen LogP contribution is -2.48. The molecule has 1 aliphatic carbocycles. The Balaban J connectivity index is 1.38. The first-order valence-corrected chi connectivity index (χ1v) is 12.1. The van der Waals surface area contributed by atoms with Gasteiger partial charge in [0.05, 0.1) is 17.6 Å². The molecule has 2 bridgehead atoms. The first-order valence-electron chi connectivity index (χ1n) is 12.1. The van der Waals surface area contributed by atoms with Crippen LogP contribution in [0.1, 0.15) is 59.9 Å². The average Bonchev–Trinajstić information content (AvgIpc) is 3.55. The van der Waals surface area contributed by atoms with E-state index >= 15 is 0 Å². The molecule has 2 atom stereocenters. The van der Waals surface area contributed by atoms with Gasteiger partial charge in [0.1, 0.15) is 11.5 Å². The minimum absolute atomic E-state index is 0.00283. The van der Waals surface area contributed by atoms with Crippen molar-refractivity contribution in [2.75, 3.05) is 28.2 Å². The van der Waals surface area contributed by atoms with Crippen molar-refractivity contribution in [3.8, 4) is 0 Å². The van der Waals surface area contributed by atoms with Crippen LogP contribution in [0.2, 0.25) is 0 Å². The summed E-state index contributed by atoms with van der Waals surface area (Å²) in [7, 11) is 0. The summed E-state index contributed by atoms with van der Waals surface area (Å²) in [6, 6.07) is 5.46. The van der Waals surface area contributed by atoms with Crippen LogP contribution in [0, 0.1) is 11.8 Å². The summed E-state index contributed by atoms with van der Waals surface area (Å²) < 4.78 is 38.9. The van der Waals surface area contributed by atoms with E-state index < -0.39 is 30.3 Å². The second kappa shape index (κ2) is 9.18. The smallest absolute Gasteiger partial charge is 0.366 e. The number of rotatable bonds is 7. The second-order valence-corrected chi connectivity index (χ2v) is 9.80. The number of hydrogen-bond acceptors (Lipinski definition) is 6. The number of aromatic nitrogens is 2. The van der Waals surface area contributed by atoms with Crippen LogP contribution in [-0.2, 0) is 0 Å². The molecule has 1 saturated carbocycles. The van der Waals surface area contributed by atoms with Crippen LogP contribution in [0.3, 0.4) is 0 Å². The van der Waals surface area contributed by atoms with Crippen molar-refractivity contribution in [1.29, 1.82) is 0 Å². The molecule has 2 aliphatic heterocycles. The van der Waals surface area contributed by atoms with Crippen LogP contribution >= 0.6 is 0 Å². The quantitative estimate of drug-likeness (QED) is 0.545. The normalized spacial score (nSPS) is 19.6. The molecule has 0 spiro atoms. The average molecular weight is 502 g/mol. The lowest BCUT2D eigenvalue weighted by atomic mass is 10.0. The monoisotopic (exact) mass is 501 g/mol. The fourth-order valence-electron chi connectivity index (χ4n) is 4.67. The Morgan fingerprint density at radius 1 is 1.14 bits per heavy atom. The van der Waals surface area contributed by atoms with Crippen LogP contribution < -0.4 is 15.1 Å². The van der Waals surface area contributed by atoms with E-state index in [2.05, 4.69) is 15.3 Å². The standard InChI is InChI=1S/C25H26F3N5O3/c1-14(25(26,27)28)10-21(35)18-4-5-19-23(30-18)33(17-7-9-32(19)13-17)24(36)31-22-12-16(6-8-29-22)20(34)11-15-2-3-15/h4-6,8,12,14-15,17H,2-3,7,9-11,13H2,1H3,(H,29,31,36)/t14-,17-/m0/s1. The SMILES string of the molecule is C[C@@H](CC(=O)c1ccc2c(n1)N(C(=O)Nc1cc(C(=O)CC3CC3)ccn1)[C@H]1CCN2C1)C(F)(F)F. The third-order valence-electron chi connectivity index (χ3n) is 6.99. The van der Waals surface area contributed by atoms with E-state index in [1.54, 1.807) is 18.2 Å². The number of hydrogen-bond donors (Lipinski definition) is 1. The van der Waals surface area contributed by atoms with Gasteiger partial charge in [-0.05, 0) is 49.4 Å². The van der Waals surface area contributed by atoms with E-state index in [-0.39, 0.29) is 29.2 Å². The molecule has 11 heteroatoms. The van der Waals surface area contributed by atoms with Crippen molar-refractivity contribution in [1.82, 2.24) is 9.97 Å². The van der Waals surface area contributed by atoms with Gasteiger partial charge in [0, 0.05) is 37.7 Å². The predicted molar refractivity (Wildman–Crippen MR) is 126 cm³/mol. The van der Waals surface area contributed by atoms with E-state index in [9.17, 15) is 27.6 Å². The van der Waals surface area contributed by atoms with Gasteiger partial charge in [-0.25, -0.2) is 14.8 Å². The lowest BCUT2D eigenvalue weighted by molar-refractivity contribution is -0.168. The molecule has 1 N–H and O–H groups in total. The summed E-state index contributed by atoms with van der Waals surface area (Å²) in [5.74, 6) is -1.66. The zero-order valence-electron chi connectivity index (χ0n) is 19.7. The van der Waals surface area contributed by atoms with Gasteiger partial charge < -0.3 is 4.90 Å². The first kappa shape index (κ1) is 24.2. The van der Waals surface area contributed by atoms with Crippen LogP contribution in [0.4, 0.5) is 35.3 Å². The molecule has 36 heavy (non-hydrogen) atoms. The van der Waals surface area contributed by atoms with Crippen molar-refractivity contribution in [2.45, 2.75) is 51.2 Å². The van der Waals surface area contributed by atoms with Gasteiger partial charge in [-0.2, -0.15) is 13.2 Å². The number of ketones is 2. The van der Waals surface area contributed by atoms with Crippen LogP contribution in [0.15, 0.2) is 30.5 Å². The number of nitrogens with zero attached hydrogens (tertiary/aromatic N) is 4. The highest BCUT2D eigenvalue weighted by atomic mass is 19.4. The molecule has 1 saturated heterocycles. The topological polar surface area (TPSA) is 95.5 Å². The Morgan fingerprint density at radius 2 is 1.92 bits per heavy atom. The van der Waals surface area contributed by atoms with Crippen LogP contribution in [-0.4, -0.2) is 52.9 Å². The summed E-state index contributed by atoms with van der Waals surface area (Å²) in [6.45, 7) is 2.22. The molecule has 2 amide bonds. The minimum atomic E-state index is -4.48. The largest absolute Gasteiger partial charge is 0.391 e. The highest BCUT2D eigenvalue weighted by Crippen LogP contribution is 2.40. The van der Waals surface area contributed by atoms with Crippen molar-refractivity contribution >= 4 is 34.9 Å².